The van der Waals surface area contributed by atoms with E-state index in [2.05, 4.69) is 39.8 Å². The third kappa shape index (κ3) is 3.12. The second-order valence-electron chi connectivity index (χ2n) is 4.08. The van der Waals surface area contributed by atoms with Crippen LogP contribution in [0.15, 0.2) is 41.4 Å². The molecule has 0 aliphatic heterocycles. The molecule has 4 heteroatoms. The molecule has 2 N–H and O–H groups in total. The average Bonchev–Trinajstić information content (AvgIpc) is 2.85. The van der Waals surface area contributed by atoms with Crippen LogP contribution in [0.25, 0.3) is 0 Å². The van der Waals surface area contributed by atoms with E-state index >= 15 is 0 Å². The summed E-state index contributed by atoms with van der Waals surface area (Å²) in [6.07, 6.45) is 3.69. The van der Waals surface area contributed by atoms with Crippen molar-refractivity contribution in [2.75, 3.05) is 13.6 Å². The Kier molecular flexibility index (Phi) is 4.25. The molecule has 0 aliphatic rings. The first kappa shape index (κ1) is 12.2. The molecule has 0 saturated carbocycles. The molecule has 90 valence electrons. The summed E-state index contributed by atoms with van der Waals surface area (Å²) in [4.78, 5) is 6.39. The first-order valence-electron chi connectivity index (χ1n) is 5.62. The Morgan fingerprint density at radius 1 is 1.47 bits per heavy atom. The third-order valence-corrected chi connectivity index (χ3v) is 3.54. The standard InChI is InChI=1S/C13H17N3S/c1-16(9-11-3-2-5-15-8-11)13(7-14)12-4-6-17-10-12/h2-6,8,10,13H,7,9,14H2,1H3. The molecule has 0 radical (unpaired) electrons. The van der Waals surface area contributed by atoms with Crippen LogP contribution in [-0.2, 0) is 6.54 Å². The fraction of sp³-hybridized carbons (Fsp3) is 0.308. The van der Waals surface area contributed by atoms with Gasteiger partial charge in [-0.05, 0) is 41.1 Å². The maximum absolute atomic E-state index is 5.87. The maximum atomic E-state index is 5.87. The smallest absolute Gasteiger partial charge is 0.0479 e. The number of thiophene rings is 1. The molecular weight excluding hydrogens is 230 g/mol. The molecule has 0 amide bonds. The number of likely N-dealkylation sites (N-methyl/N-ethyl adjacent to an activating group) is 1. The van der Waals surface area contributed by atoms with E-state index in [1.807, 2.05) is 12.3 Å². The Balaban J connectivity index is 2.06. The van der Waals surface area contributed by atoms with Gasteiger partial charge in [0.15, 0.2) is 0 Å². The van der Waals surface area contributed by atoms with E-state index in [0.29, 0.717) is 6.54 Å². The molecule has 3 nitrogen and oxygen atoms in total. The highest BCUT2D eigenvalue weighted by molar-refractivity contribution is 7.07. The minimum Gasteiger partial charge on any atom is -0.329 e. The van der Waals surface area contributed by atoms with Gasteiger partial charge in [-0.25, -0.2) is 0 Å². The molecule has 0 fully saturated rings. The quantitative estimate of drug-likeness (QED) is 0.881. The number of hydrogen-bond donors (Lipinski definition) is 1. The monoisotopic (exact) mass is 247 g/mol. The van der Waals surface area contributed by atoms with E-state index in [1.54, 1.807) is 17.5 Å². The lowest BCUT2D eigenvalue weighted by atomic mass is 10.1. The summed E-state index contributed by atoms with van der Waals surface area (Å²) in [6, 6.07) is 6.47. The zero-order chi connectivity index (χ0) is 12.1. The highest BCUT2D eigenvalue weighted by atomic mass is 32.1. The van der Waals surface area contributed by atoms with Gasteiger partial charge < -0.3 is 5.73 Å². The van der Waals surface area contributed by atoms with Crippen molar-refractivity contribution >= 4 is 11.3 Å². The Morgan fingerprint density at radius 3 is 2.94 bits per heavy atom. The number of pyridine rings is 1. The highest BCUT2D eigenvalue weighted by Gasteiger charge is 2.15. The Morgan fingerprint density at radius 2 is 2.35 bits per heavy atom. The summed E-state index contributed by atoms with van der Waals surface area (Å²) < 4.78 is 0. The van der Waals surface area contributed by atoms with Crippen LogP contribution >= 0.6 is 11.3 Å². The van der Waals surface area contributed by atoms with Gasteiger partial charge in [-0.3, -0.25) is 9.88 Å². The van der Waals surface area contributed by atoms with Crippen molar-refractivity contribution in [1.82, 2.24) is 9.88 Å². The van der Waals surface area contributed by atoms with Gasteiger partial charge >= 0.3 is 0 Å². The molecular formula is C13H17N3S. The number of nitrogens with zero attached hydrogens (tertiary/aromatic N) is 2. The highest BCUT2D eigenvalue weighted by Crippen LogP contribution is 2.22. The molecule has 1 atom stereocenters. The second-order valence-corrected chi connectivity index (χ2v) is 4.86. The van der Waals surface area contributed by atoms with Gasteiger partial charge in [-0.2, -0.15) is 11.3 Å². The molecule has 2 aromatic rings. The van der Waals surface area contributed by atoms with Crippen molar-refractivity contribution in [1.29, 1.82) is 0 Å². The number of hydrogen-bond acceptors (Lipinski definition) is 4. The molecule has 2 heterocycles. The molecule has 2 aromatic heterocycles. The number of rotatable bonds is 5. The summed E-state index contributed by atoms with van der Waals surface area (Å²) in [5.74, 6) is 0. The first-order valence-corrected chi connectivity index (χ1v) is 6.57. The lowest BCUT2D eigenvalue weighted by Crippen LogP contribution is -2.29. The topological polar surface area (TPSA) is 42.2 Å². The van der Waals surface area contributed by atoms with E-state index in [4.69, 9.17) is 5.73 Å². The molecule has 1 unspecified atom stereocenters. The van der Waals surface area contributed by atoms with Crippen molar-refractivity contribution in [3.05, 3.63) is 52.5 Å². The van der Waals surface area contributed by atoms with E-state index in [1.165, 1.54) is 11.1 Å². The molecule has 0 aliphatic carbocycles. The lowest BCUT2D eigenvalue weighted by Gasteiger charge is -2.26. The van der Waals surface area contributed by atoms with Crippen molar-refractivity contribution in [2.45, 2.75) is 12.6 Å². The van der Waals surface area contributed by atoms with Crippen LogP contribution in [0.2, 0.25) is 0 Å². The number of nitrogens with two attached hydrogens (primary N) is 1. The molecule has 17 heavy (non-hydrogen) atoms. The van der Waals surface area contributed by atoms with Gasteiger partial charge in [0.2, 0.25) is 0 Å². The fourth-order valence-electron chi connectivity index (χ4n) is 1.92. The Bertz CT molecular complexity index is 427. The van der Waals surface area contributed by atoms with Crippen LogP contribution in [0.5, 0.6) is 0 Å². The SMILES string of the molecule is CN(Cc1cccnc1)C(CN)c1ccsc1. The molecule has 2 rings (SSSR count). The lowest BCUT2D eigenvalue weighted by molar-refractivity contribution is 0.242. The maximum Gasteiger partial charge on any atom is 0.0479 e. The Hall–Kier alpha value is -1.23. The minimum absolute atomic E-state index is 0.279. The van der Waals surface area contributed by atoms with Crippen LogP contribution in [0.1, 0.15) is 17.2 Å². The fourth-order valence-corrected chi connectivity index (χ4v) is 2.63. The molecule has 0 aromatic carbocycles. The third-order valence-electron chi connectivity index (χ3n) is 2.84. The van der Waals surface area contributed by atoms with Crippen LogP contribution in [0.4, 0.5) is 0 Å². The van der Waals surface area contributed by atoms with Gasteiger partial charge in [0.05, 0.1) is 0 Å². The van der Waals surface area contributed by atoms with Crippen LogP contribution in [-0.4, -0.2) is 23.5 Å². The second kappa shape index (κ2) is 5.91. The normalized spacial score (nSPS) is 12.9. The minimum atomic E-state index is 0.279. The zero-order valence-electron chi connectivity index (χ0n) is 9.91. The average molecular weight is 247 g/mol. The zero-order valence-corrected chi connectivity index (χ0v) is 10.7. The Labute approximate surface area is 106 Å². The van der Waals surface area contributed by atoms with Crippen LogP contribution < -0.4 is 5.73 Å². The van der Waals surface area contributed by atoms with Crippen molar-refractivity contribution in [3.8, 4) is 0 Å². The van der Waals surface area contributed by atoms with Gasteiger partial charge in [-0.15, -0.1) is 0 Å². The van der Waals surface area contributed by atoms with E-state index < -0.39 is 0 Å². The van der Waals surface area contributed by atoms with Crippen molar-refractivity contribution in [2.24, 2.45) is 5.73 Å². The van der Waals surface area contributed by atoms with E-state index in [0.717, 1.165) is 6.54 Å². The number of aromatic nitrogens is 1. The van der Waals surface area contributed by atoms with E-state index in [-0.39, 0.29) is 6.04 Å². The summed E-state index contributed by atoms with van der Waals surface area (Å²) >= 11 is 1.71. The summed E-state index contributed by atoms with van der Waals surface area (Å²) in [7, 11) is 2.10. The largest absolute Gasteiger partial charge is 0.329 e. The van der Waals surface area contributed by atoms with Crippen molar-refractivity contribution in [3.63, 3.8) is 0 Å². The van der Waals surface area contributed by atoms with Crippen molar-refractivity contribution < 1.29 is 0 Å². The predicted octanol–water partition coefficient (Wildman–Crippen LogP) is 2.27. The molecule has 0 saturated heterocycles. The molecule has 0 spiro atoms. The van der Waals surface area contributed by atoms with E-state index in [9.17, 15) is 0 Å². The van der Waals surface area contributed by atoms with Gasteiger partial charge in [-0.1, -0.05) is 6.07 Å². The molecule has 0 bridgehead atoms. The van der Waals surface area contributed by atoms with Gasteiger partial charge in [0.1, 0.15) is 0 Å². The van der Waals surface area contributed by atoms with Crippen LogP contribution in [0, 0.1) is 0 Å². The predicted molar refractivity (Wildman–Crippen MR) is 71.8 cm³/mol. The summed E-state index contributed by atoms with van der Waals surface area (Å²) in [5.41, 5.74) is 8.37. The summed E-state index contributed by atoms with van der Waals surface area (Å²) in [5, 5.41) is 4.26. The first-order chi connectivity index (χ1) is 8.31. The van der Waals surface area contributed by atoms with Gasteiger partial charge in [0, 0.05) is 31.5 Å². The van der Waals surface area contributed by atoms with Gasteiger partial charge in [0.25, 0.3) is 0 Å². The van der Waals surface area contributed by atoms with Crippen LogP contribution in [0.3, 0.4) is 0 Å². The summed E-state index contributed by atoms with van der Waals surface area (Å²) in [6.45, 7) is 1.50.